The number of nitrogens with one attached hydrogen (secondary N) is 3. The Morgan fingerprint density at radius 1 is 1.28 bits per heavy atom. The van der Waals surface area contributed by atoms with Gasteiger partial charge in [-0.1, -0.05) is 0 Å². The minimum atomic E-state index is -4.42. The molecule has 0 aliphatic rings. The molecule has 0 fully saturated rings. The van der Waals surface area contributed by atoms with Crippen LogP contribution in [0, 0.1) is 0 Å². The number of rotatable bonds is 6. The maximum Gasteiger partial charge on any atom is 0.434 e. The molecule has 0 unspecified atom stereocenters. The van der Waals surface area contributed by atoms with E-state index < -0.39 is 11.9 Å². The Morgan fingerprint density at radius 3 is 2.48 bits per heavy atom. The number of carbonyl (C=O) groups is 1. The van der Waals surface area contributed by atoms with E-state index in [4.69, 9.17) is 0 Å². The number of hydrogen-bond donors (Lipinski definition) is 3. The Bertz CT molecular complexity index is 593. The Kier molecular flexibility index (Phi) is 7.65. The van der Waals surface area contributed by atoms with Crippen molar-refractivity contribution in [3.8, 4) is 0 Å². The number of carbonyl (C=O) groups excluding carboxylic acids is 1. The average Bonchev–Trinajstić information content (AvgIpc) is 2.92. The minimum absolute atomic E-state index is 0.0396. The number of amides is 1. The molecule has 10 heteroatoms. The standard InChI is InChI=1S/C15H24F3N5OS/c1-5-19-13(21-8-11(24)23-14(2,3)4)20-7-6-12-22-10(9-25-12)15(16,17)18/h9H,5-8H2,1-4H3,(H,23,24)(H2,19,20,21). The van der Waals surface area contributed by atoms with Gasteiger partial charge >= 0.3 is 6.18 Å². The second-order valence-electron chi connectivity index (χ2n) is 6.29. The molecule has 0 saturated carbocycles. The fourth-order valence-corrected chi connectivity index (χ4v) is 2.60. The summed E-state index contributed by atoms with van der Waals surface area (Å²) in [5, 5.41) is 10.2. The first-order valence-electron chi connectivity index (χ1n) is 7.86. The molecule has 0 aromatic carbocycles. The van der Waals surface area contributed by atoms with Crippen molar-refractivity contribution < 1.29 is 18.0 Å². The van der Waals surface area contributed by atoms with Crippen LogP contribution >= 0.6 is 11.3 Å². The highest BCUT2D eigenvalue weighted by molar-refractivity contribution is 7.09. The van der Waals surface area contributed by atoms with Crippen molar-refractivity contribution in [3.05, 3.63) is 16.1 Å². The first-order valence-corrected chi connectivity index (χ1v) is 8.74. The summed E-state index contributed by atoms with van der Waals surface area (Å²) in [4.78, 5) is 19.5. The number of halogens is 3. The van der Waals surface area contributed by atoms with Gasteiger partial charge in [0.25, 0.3) is 0 Å². The second kappa shape index (κ2) is 9.02. The second-order valence-corrected chi connectivity index (χ2v) is 7.24. The zero-order valence-electron chi connectivity index (χ0n) is 14.8. The van der Waals surface area contributed by atoms with Gasteiger partial charge in [0, 0.05) is 30.4 Å². The number of aliphatic imine (C=N–C) groups is 1. The summed E-state index contributed by atoms with van der Waals surface area (Å²) in [6, 6.07) is 0. The van der Waals surface area contributed by atoms with Crippen LogP contribution in [0.2, 0.25) is 0 Å². The zero-order valence-corrected chi connectivity index (χ0v) is 15.6. The summed E-state index contributed by atoms with van der Waals surface area (Å²) in [5.41, 5.74) is -1.20. The van der Waals surface area contributed by atoms with Gasteiger partial charge in [-0.2, -0.15) is 13.2 Å². The quantitative estimate of drug-likeness (QED) is 0.523. The highest BCUT2D eigenvalue weighted by Crippen LogP contribution is 2.29. The molecule has 0 bridgehead atoms. The molecule has 0 atom stereocenters. The predicted octanol–water partition coefficient (Wildman–Crippen LogP) is 2.17. The first-order chi connectivity index (χ1) is 11.5. The van der Waals surface area contributed by atoms with E-state index in [1.54, 1.807) is 0 Å². The van der Waals surface area contributed by atoms with Gasteiger partial charge in [-0.3, -0.25) is 4.79 Å². The van der Waals surface area contributed by atoms with Gasteiger partial charge in [0.1, 0.15) is 6.54 Å². The molecule has 1 rings (SSSR count). The van der Waals surface area contributed by atoms with Gasteiger partial charge in [-0.25, -0.2) is 9.98 Å². The number of nitrogens with zero attached hydrogens (tertiary/aromatic N) is 2. The van der Waals surface area contributed by atoms with E-state index in [1.165, 1.54) is 0 Å². The molecular formula is C15H24F3N5OS. The Morgan fingerprint density at radius 2 is 1.96 bits per heavy atom. The summed E-state index contributed by atoms with van der Waals surface area (Å²) in [6.07, 6.45) is -4.08. The number of hydrogen-bond acceptors (Lipinski definition) is 4. The molecule has 1 aromatic rings. The van der Waals surface area contributed by atoms with Crippen molar-refractivity contribution in [2.24, 2.45) is 4.99 Å². The molecule has 0 radical (unpaired) electrons. The van der Waals surface area contributed by atoms with Gasteiger partial charge in [-0.05, 0) is 27.7 Å². The fourth-order valence-electron chi connectivity index (χ4n) is 1.79. The Balaban J connectivity index is 2.51. The average molecular weight is 379 g/mol. The predicted molar refractivity (Wildman–Crippen MR) is 92.7 cm³/mol. The Labute approximate surface area is 149 Å². The van der Waals surface area contributed by atoms with Crippen molar-refractivity contribution in [1.29, 1.82) is 0 Å². The van der Waals surface area contributed by atoms with E-state index in [-0.39, 0.29) is 18.0 Å². The summed E-state index contributed by atoms with van der Waals surface area (Å²) in [6.45, 7) is 8.43. The van der Waals surface area contributed by atoms with E-state index in [1.807, 2.05) is 27.7 Å². The molecule has 1 aromatic heterocycles. The SMILES string of the molecule is CCNC(=NCC(=O)NC(C)(C)C)NCCc1nc(C(F)(F)F)cs1. The largest absolute Gasteiger partial charge is 0.434 e. The van der Waals surface area contributed by atoms with Crippen molar-refractivity contribution in [2.75, 3.05) is 19.6 Å². The van der Waals surface area contributed by atoms with Crippen LogP contribution in [-0.2, 0) is 17.4 Å². The van der Waals surface area contributed by atoms with E-state index in [9.17, 15) is 18.0 Å². The summed E-state index contributed by atoms with van der Waals surface area (Å²) >= 11 is 0.971. The van der Waals surface area contributed by atoms with Crippen molar-refractivity contribution in [2.45, 2.75) is 45.8 Å². The van der Waals surface area contributed by atoms with Crippen LogP contribution in [0.15, 0.2) is 10.4 Å². The monoisotopic (exact) mass is 379 g/mol. The zero-order chi connectivity index (χ0) is 19.1. The van der Waals surface area contributed by atoms with Crippen LogP contribution in [0.5, 0.6) is 0 Å². The smallest absolute Gasteiger partial charge is 0.357 e. The van der Waals surface area contributed by atoms with Crippen molar-refractivity contribution >= 4 is 23.2 Å². The van der Waals surface area contributed by atoms with Gasteiger partial charge in [-0.15, -0.1) is 11.3 Å². The molecule has 0 spiro atoms. The fraction of sp³-hybridized carbons (Fsp3) is 0.667. The van der Waals surface area contributed by atoms with E-state index in [2.05, 4.69) is 25.9 Å². The molecule has 3 N–H and O–H groups in total. The van der Waals surface area contributed by atoms with E-state index in [0.29, 0.717) is 30.5 Å². The third kappa shape index (κ3) is 8.71. The van der Waals surface area contributed by atoms with Crippen molar-refractivity contribution in [1.82, 2.24) is 20.9 Å². The molecule has 1 heterocycles. The van der Waals surface area contributed by atoms with Crippen LogP contribution in [0.1, 0.15) is 38.4 Å². The molecule has 0 aliphatic heterocycles. The molecule has 0 aliphatic carbocycles. The number of aromatic nitrogens is 1. The van der Waals surface area contributed by atoms with Crippen LogP contribution < -0.4 is 16.0 Å². The lowest BCUT2D eigenvalue weighted by Gasteiger charge is -2.20. The van der Waals surface area contributed by atoms with Crippen LogP contribution in [0.25, 0.3) is 0 Å². The molecule has 1 amide bonds. The first kappa shape index (κ1) is 21.2. The third-order valence-electron chi connectivity index (χ3n) is 2.71. The van der Waals surface area contributed by atoms with E-state index in [0.717, 1.165) is 16.7 Å². The number of thiazole rings is 1. The number of alkyl halides is 3. The lowest BCUT2D eigenvalue weighted by atomic mass is 10.1. The maximum atomic E-state index is 12.5. The Hall–Kier alpha value is -1.84. The van der Waals surface area contributed by atoms with Gasteiger partial charge in [0.15, 0.2) is 11.7 Å². The highest BCUT2D eigenvalue weighted by Gasteiger charge is 2.33. The summed E-state index contributed by atoms with van der Waals surface area (Å²) in [5.74, 6) is 0.221. The lowest BCUT2D eigenvalue weighted by molar-refractivity contribution is -0.140. The van der Waals surface area contributed by atoms with Gasteiger partial charge in [0.05, 0.1) is 5.01 Å². The van der Waals surface area contributed by atoms with E-state index >= 15 is 0 Å². The van der Waals surface area contributed by atoms with Gasteiger partial charge in [0.2, 0.25) is 5.91 Å². The van der Waals surface area contributed by atoms with Crippen LogP contribution in [0.3, 0.4) is 0 Å². The number of guanidine groups is 1. The molecule has 6 nitrogen and oxygen atoms in total. The van der Waals surface area contributed by atoms with Gasteiger partial charge < -0.3 is 16.0 Å². The molecule has 25 heavy (non-hydrogen) atoms. The topological polar surface area (TPSA) is 78.4 Å². The normalized spacial score (nSPS) is 12.8. The summed E-state index contributed by atoms with van der Waals surface area (Å²) < 4.78 is 37.5. The lowest BCUT2D eigenvalue weighted by Crippen LogP contribution is -2.43. The third-order valence-corrected chi connectivity index (χ3v) is 3.62. The van der Waals surface area contributed by atoms with Crippen molar-refractivity contribution in [3.63, 3.8) is 0 Å². The molecule has 0 saturated heterocycles. The maximum absolute atomic E-state index is 12.5. The minimum Gasteiger partial charge on any atom is -0.357 e. The summed E-state index contributed by atoms with van der Waals surface area (Å²) in [7, 11) is 0. The highest BCUT2D eigenvalue weighted by atomic mass is 32.1. The van der Waals surface area contributed by atoms with Crippen LogP contribution in [0.4, 0.5) is 13.2 Å². The molecular weight excluding hydrogens is 355 g/mol. The van der Waals surface area contributed by atoms with Crippen LogP contribution in [-0.4, -0.2) is 42.0 Å². The molecule has 142 valence electrons.